The maximum atomic E-state index is 13.6. The van der Waals surface area contributed by atoms with Crippen molar-refractivity contribution in [3.8, 4) is 23.0 Å². The van der Waals surface area contributed by atoms with Gasteiger partial charge in [0.2, 0.25) is 0 Å². The Morgan fingerprint density at radius 1 is 1.14 bits per heavy atom. The predicted octanol–water partition coefficient (Wildman–Crippen LogP) is 2.85. The summed E-state index contributed by atoms with van der Waals surface area (Å²) in [5.74, 6) is -2.19. The Hall–Kier alpha value is -3.02. The van der Waals surface area contributed by atoms with Gasteiger partial charge in [-0.3, -0.25) is 4.79 Å². The second-order valence-corrected chi connectivity index (χ2v) is 4.44. The highest BCUT2D eigenvalue weighted by molar-refractivity contribution is 6.08. The molecule has 2 aromatic carbocycles. The molecule has 0 aliphatic heterocycles. The van der Waals surface area contributed by atoms with E-state index in [2.05, 4.69) is 0 Å². The third-order valence-corrected chi connectivity index (χ3v) is 2.96. The highest BCUT2D eigenvalue weighted by Gasteiger charge is 2.11. The lowest BCUT2D eigenvalue weighted by Crippen LogP contribution is -1.98. The van der Waals surface area contributed by atoms with Crippen molar-refractivity contribution in [2.45, 2.75) is 0 Å². The molecule has 0 amide bonds. The van der Waals surface area contributed by atoms with Gasteiger partial charge in [0.25, 0.3) is 0 Å². The van der Waals surface area contributed by atoms with Gasteiger partial charge in [0.15, 0.2) is 17.3 Å². The van der Waals surface area contributed by atoms with Gasteiger partial charge in [-0.25, -0.2) is 4.39 Å². The Morgan fingerprint density at radius 2 is 1.82 bits per heavy atom. The number of ketones is 1. The van der Waals surface area contributed by atoms with Crippen molar-refractivity contribution in [1.29, 1.82) is 0 Å². The fourth-order valence-electron chi connectivity index (χ4n) is 1.83. The Labute approximate surface area is 125 Å². The maximum Gasteiger partial charge on any atom is 0.189 e. The average molecular weight is 304 g/mol. The van der Waals surface area contributed by atoms with Gasteiger partial charge in [0.05, 0.1) is 12.7 Å². The van der Waals surface area contributed by atoms with Crippen LogP contribution in [-0.2, 0) is 0 Å². The van der Waals surface area contributed by atoms with Crippen molar-refractivity contribution in [2.75, 3.05) is 7.11 Å². The first-order valence-electron chi connectivity index (χ1n) is 6.23. The summed E-state index contributed by atoms with van der Waals surface area (Å²) in [6, 6.07) is 5.75. The van der Waals surface area contributed by atoms with E-state index in [9.17, 15) is 19.4 Å². The van der Waals surface area contributed by atoms with Crippen LogP contribution in [0.25, 0.3) is 6.08 Å². The van der Waals surface area contributed by atoms with Gasteiger partial charge in [-0.2, -0.15) is 0 Å². The van der Waals surface area contributed by atoms with Crippen LogP contribution in [-0.4, -0.2) is 28.2 Å². The number of carbonyl (C=O) groups is 1. The second kappa shape index (κ2) is 6.17. The molecule has 0 bridgehead atoms. The molecule has 0 saturated heterocycles. The molecule has 0 radical (unpaired) electrons. The van der Waals surface area contributed by atoms with E-state index in [1.54, 1.807) is 0 Å². The molecule has 0 heterocycles. The molecule has 0 atom stereocenters. The van der Waals surface area contributed by atoms with Crippen molar-refractivity contribution < 1.29 is 29.2 Å². The normalized spacial score (nSPS) is 10.8. The molecule has 0 spiro atoms. The molecular formula is C16H13FO5. The molecule has 22 heavy (non-hydrogen) atoms. The molecule has 3 N–H and O–H groups in total. The number of methoxy groups -OCH3 is 1. The van der Waals surface area contributed by atoms with Gasteiger partial charge >= 0.3 is 0 Å². The molecule has 0 aliphatic rings. The molecule has 114 valence electrons. The lowest BCUT2D eigenvalue weighted by molar-refractivity contribution is 0.104. The number of aromatic hydroxyl groups is 3. The summed E-state index contributed by atoms with van der Waals surface area (Å²) in [4.78, 5) is 12.1. The summed E-state index contributed by atoms with van der Waals surface area (Å²) >= 11 is 0. The zero-order chi connectivity index (χ0) is 16.3. The lowest BCUT2D eigenvalue weighted by Gasteiger charge is -2.06. The van der Waals surface area contributed by atoms with E-state index in [0.717, 1.165) is 18.2 Å². The van der Waals surface area contributed by atoms with Crippen LogP contribution in [0.1, 0.15) is 15.9 Å². The molecule has 0 saturated carbocycles. The minimum Gasteiger partial charge on any atom is -0.508 e. The van der Waals surface area contributed by atoms with Crippen LogP contribution in [0.3, 0.4) is 0 Å². The number of carbonyl (C=O) groups excluding carboxylic acids is 1. The standard InChI is InChI=1S/C16H13FO5/c1-22-16-7-10(18)3-4-11(16)13(19)5-2-9-6-14(20)15(21)8-12(9)17/h2-8,18,20-21H,1H3. The second-order valence-electron chi connectivity index (χ2n) is 4.44. The SMILES string of the molecule is COc1cc(O)ccc1C(=O)C=Cc1cc(O)c(O)cc1F. The van der Waals surface area contributed by atoms with Crippen LogP contribution >= 0.6 is 0 Å². The van der Waals surface area contributed by atoms with Gasteiger partial charge in [-0.1, -0.05) is 0 Å². The number of phenolic OH excluding ortho intramolecular Hbond substituents is 3. The van der Waals surface area contributed by atoms with Crippen LogP contribution in [0.4, 0.5) is 4.39 Å². The number of hydrogen-bond donors (Lipinski definition) is 3. The van der Waals surface area contributed by atoms with E-state index in [0.29, 0.717) is 0 Å². The first-order chi connectivity index (χ1) is 10.4. The molecule has 0 unspecified atom stereocenters. The molecule has 6 heteroatoms. The van der Waals surface area contributed by atoms with Gasteiger partial charge in [-0.15, -0.1) is 0 Å². The highest BCUT2D eigenvalue weighted by atomic mass is 19.1. The molecule has 0 aromatic heterocycles. The topological polar surface area (TPSA) is 87.0 Å². The molecule has 2 aromatic rings. The summed E-state index contributed by atoms with van der Waals surface area (Å²) in [6.45, 7) is 0. The van der Waals surface area contributed by atoms with Gasteiger partial charge in [0, 0.05) is 17.7 Å². The predicted molar refractivity (Wildman–Crippen MR) is 77.8 cm³/mol. The van der Waals surface area contributed by atoms with E-state index in [4.69, 9.17) is 9.84 Å². The number of hydrogen-bond acceptors (Lipinski definition) is 5. The van der Waals surface area contributed by atoms with Crippen molar-refractivity contribution in [3.63, 3.8) is 0 Å². The number of rotatable bonds is 4. The van der Waals surface area contributed by atoms with Crippen molar-refractivity contribution in [3.05, 3.63) is 53.4 Å². The van der Waals surface area contributed by atoms with Crippen LogP contribution in [0.5, 0.6) is 23.0 Å². The van der Waals surface area contributed by atoms with Gasteiger partial charge in [0.1, 0.15) is 17.3 Å². The van der Waals surface area contributed by atoms with E-state index in [1.165, 1.54) is 31.4 Å². The number of ether oxygens (including phenoxy) is 1. The average Bonchev–Trinajstić information content (AvgIpc) is 2.49. The van der Waals surface area contributed by atoms with Gasteiger partial charge in [-0.05, 0) is 30.4 Å². The summed E-state index contributed by atoms with van der Waals surface area (Å²) in [5, 5.41) is 27.8. The smallest absolute Gasteiger partial charge is 0.189 e. The van der Waals surface area contributed by atoms with E-state index >= 15 is 0 Å². The van der Waals surface area contributed by atoms with Gasteiger partial charge < -0.3 is 20.1 Å². The van der Waals surface area contributed by atoms with Crippen molar-refractivity contribution in [1.82, 2.24) is 0 Å². The zero-order valence-electron chi connectivity index (χ0n) is 11.6. The Kier molecular flexibility index (Phi) is 4.31. The quantitative estimate of drug-likeness (QED) is 0.459. The largest absolute Gasteiger partial charge is 0.508 e. The van der Waals surface area contributed by atoms with Crippen LogP contribution in [0, 0.1) is 5.82 Å². The van der Waals surface area contributed by atoms with Crippen molar-refractivity contribution in [2.24, 2.45) is 0 Å². The first-order valence-corrected chi connectivity index (χ1v) is 6.23. The van der Waals surface area contributed by atoms with E-state index < -0.39 is 23.1 Å². The first kappa shape index (κ1) is 15.4. The third-order valence-electron chi connectivity index (χ3n) is 2.96. The van der Waals surface area contributed by atoms with Crippen LogP contribution in [0.15, 0.2) is 36.4 Å². The molecule has 0 aliphatic carbocycles. The van der Waals surface area contributed by atoms with E-state index in [-0.39, 0.29) is 22.6 Å². The monoisotopic (exact) mass is 304 g/mol. The highest BCUT2D eigenvalue weighted by Crippen LogP contribution is 2.29. The summed E-state index contributed by atoms with van der Waals surface area (Å²) in [5.41, 5.74) is 0.140. The number of allylic oxidation sites excluding steroid dienone is 1. The Bertz CT molecular complexity index is 752. The Balaban J connectivity index is 2.31. The summed E-state index contributed by atoms with van der Waals surface area (Å²) in [6.07, 6.45) is 2.27. The van der Waals surface area contributed by atoms with Crippen molar-refractivity contribution >= 4 is 11.9 Å². The fraction of sp³-hybridized carbons (Fsp3) is 0.0625. The minimum absolute atomic E-state index is 0.0492. The number of phenols is 3. The third kappa shape index (κ3) is 3.17. The maximum absolute atomic E-state index is 13.6. The molecule has 2 rings (SSSR count). The van der Waals surface area contributed by atoms with Crippen LogP contribution in [0.2, 0.25) is 0 Å². The minimum atomic E-state index is -0.781. The molecule has 5 nitrogen and oxygen atoms in total. The summed E-state index contributed by atoms with van der Waals surface area (Å²) in [7, 11) is 1.35. The lowest BCUT2D eigenvalue weighted by atomic mass is 10.1. The number of halogens is 1. The zero-order valence-corrected chi connectivity index (χ0v) is 11.6. The molecular weight excluding hydrogens is 291 g/mol. The molecule has 0 fully saturated rings. The van der Waals surface area contributed by atoms with Crippen LogP contribution < -0.4 is 4.74 Å². The van der Waals surface area contributed by atoms with E-state index in [1.807, 2.05) is 0 Å². The summed E-state index contributed by atoms with van der Waals surface area (Å²) < 4.78 is 18.6. The Morgan fingerprint density at radius 3 is 2.50 bits per heavy atom. The number of benzene rings is 2. The fourth-order valence-corrected chi connectivity index (χ4v) is 1.83.